The molecule has 0 saturated carbocycles. The number of rotatable bonds is 5. The first-order valence-electron chi connectivity index (χ1n) is 9.49. The van der Waals surface area contributed by atoms with E-state index in [0.29, 0.717) is 12.1 Å². The molecule has 0 spiro atoms. The monoisotopic (exact) mass is 347 g/mol. The summed E-state index contributed by atoms with van der Waals surface area (Å²) < 4.78 is 2.47. The van der Waals surface area contributed by atoms with Crippen molar-refractivity contribution in [2.45, 2.75) is 39.2 Å². The Hall–Kier alpha value is -2.59. The molecular formula is C22H25N3O. The molecule has 2 N–H and O–H groups in total. The SMILES string of the molecule is CCNNC(=O)c1ccc(Cn2c3c(c4ccccc42)CCCC3)cc1. The average molecular weight is 347 g/mol. The molecule has 0 atom stereocenters. The van der Waals surface area contributed by atoms with E-state index < -0.39 is 0 Å². The van der Waals surface area contributed by atoms with E-state index in [2.05, 4.69) is 51.8 Å². The van der Waals surface area contributed by atoms with Crippen LogP contribution in [0.3, 0.4) is 0 Å². The molecule has 4 nitrogen and oxygen atoms in total. The first-order valence-corrected chi connectivity index (χ1v) is 9.49. The molecule has 0 fully saturated rings. The molecule has 1 aliphatic rings. The maximum absolute atomic E-state index is 12.0. The summed E-state index contributed by atoms with van der Waals surface area (Å²) in [6.45, 7) is 3.51. The Balaban J connectivity index is 1.63. The Morgan fingerprint density at radius 1 is 1.04 bits per heavy atom. The molecular weight excluding hydrogens is 322 g/mol. The predicted octanol–water partition coefficient (Wildman–Crippen LogP) is 3.82. The maximum atomic E-state index is 12.0. The number of carbonyl (C=O) groups excluding carboxylic acids is 1. The van der Waals surface area contributed by atoms with E-state index in [-0.39, 0.29) is 5.91 Å². The molecule has 4 heteroatoms. The molecule has 1 aromatic heterocycles. The van der Waals surface area contributed by atoms with Crippen molar-refractivity contribution in [1.29, 1.82) is 0 Å². The maximum Gasteiger partial charge on any atom is 0.265 e. The summed E-state index contributed by atoms with van der Waals surface area (Å²) in [6, 6.07) is 16.7. The second kappa shape index (κ2) is 7.34. The molecule has 4 rings (SSSR count). The number of benzene rings is 2. The van der Waals surface area contributed by atoms with Gasteiger partial charge in [0.05, 0.1) is 0 Å². The standard InChI is InChI=1S/C22H25N3O/c1-2-23-24-22(26)17-13-11-16(12-14-17)15-25-20-9-5-3-7-18(20)19-8-4-6-10-21(19)25/h3,5,7,9,11-14,23H,2,4,6,8,10,15H2,1H3,(H,24,26). The summed E-state index contributed by atoms with van der Waals surface area (Å²) in [4.78, 5) is 12.0. The lowest BCUT2D eigenvalue weighted by Crippen LogP contribution is -2.36. The highest BCUT2D eigenvalue weighted by Gasteiger charge is 2.19. The average Bonchev–Trinajstić information content (AvgIpc) is 3.01. The normalized spacial score (nSPS) is 13.6. The lowest BCUT2D eigenvalue weighted by molar-refractivity contribution is 0.0934. The van der Waals surface area contributed by atoms with Gasteiger partial charge in [-0.1, -0.05) is 37.3 Å². The molecule has 3 aromatic rings. The van der Waals surface area contributed by atoms with Gasteiger partial charge in [0.15, 0.2) is 0 Å². The number of amides is 1. The van der Waals surface area contributed by atoms with Gasteiger partial charge >= 0.3 is 0 Å². The number of para-hydroxylation sites is 1. The van der Waals surface area contributed by atoms with E-state index in [4.69, 9.17) is 0 Å². The predicted molar refractivity (Wildman–Crippen MR) is 105 cm³/mol. The van der Waals surface area contributed by atoms with Crippen molar-refractivity contribution in [3.05, 3.63) is 70.9 Å². The van der Waals surface area contributed by atoms with Crippen LogP contribution in [0.15, 0.2) is 48.5 Å². The summed E-state index contributed by atoms with van der Waals surface area (Å²) in [6.07, 6.45) is 4.91. The van der Waals surface area contributed by atoms with Gasteiger partial charge in [0.1, 0.15) is 0 Å². The third kappa shape index (κ3) is 3.13. The van der Waals surface area contributed by atoms with Crippen LogP contribution in [0.5, 0.6) is 0 Å². The van der Waals surface area contributed by atoms with Crippen LogP contribution in [0.25, 0.3) is 10.9 Å². The van der Waals surface area contributed by atoms with Crippen molar-refractivity contribution < 1.29 is 4.79 Å². The van der Waals surface area contributed by atoms with Crippen molar-refractivity contribution in [1.82, 2.24) is 15.4 Å². The fourth-order valence-corrected chi connectivity index (χ4v) is 3.95. The Morgan fingerprint density at radius 3 is 2.62 bits per heavy atom. The first-order chi connectivity index (χ1) is 12.8. The highest BCUT2D eigenvalue weighted by atomic mass is 16.2. The van der Waals surface area contributed by atoms with Crippen LogP contribution < -0.4 is 10.9 Å². The van der Waals surface area contributed by atoms with E-state index in [9.17, 15) is 4.79 Å². The second-order valence-corrected chi connectivity index (χ2v) is 6.92. The summed E-state index contributed by atoms with van der Waals surface area (Å²) in [5, 5.41) is 1.41. The third-order valence-corrected chi connectivity index (χ3v) is 5.22. The van der Waals surface area contributed by atoms with Gasteiger partial charge < -0.3 is 4.57 Å². The lowest BCUT2D eigenvalue weighted by atomic mass is 9.95. The van der Waals surface area contributed by atoms with Crippen molar-refractivity contribution in [2.24, 2.45) is 0 Å². The minimum Gasteiger partial charge on any atom is -0.340 e. The van der Waals surface area contributed by atoms with E-state index >= 15 is 0 Å². The Labute approximate surface area is 154 Å². The minimum absolute atomic E-state index is 0.0952. The summed E-state index contributed by atoms with van der Waals surface area (Å²) in [5.74, 6) is -0.0952. The van der Waals surface area contributed by atoms with Gasteiger partial charge in [-0.15, -0.1) is 0 Å². The number of fused-ring (bicyclic) bond motifs is 3. The van der Waals surface area contributed by atoms with Gasteiger partial charge in [-0.3, -0.25) is 10.2 Å². The van der Waals surface area contributed by atoms with E-state index in [0.717, 1.165) is 13.0 Å². The molecule has 26 heavy (non-hydrogen) atoms. The smallest absolute Gasteiger partial charge is 0.265 e. The third-order valence-electron chi connectivity index (χ3n) is 5.22. The Bertz CT molecular complexity index is 924. The molecule has 1 amide bonds. The molecule has 0 radical (unpaired) electrons. The van der Waals surface area contributed by atoms with Gasteiger partial charge in [0.25, 0.3) is 5.91 Å². The molecule has 0 saturated heterocycles. The van der Waals surface area contributed by atoms with Gasteiger partial charge in [-0.25, -0.2) is 5.43 Å². The van der Waals surface area contributed by atoms with Crippen molar-refractivity contribution in [2.75, 3.05) is 6.54 Å². The van der Waals surface area contributed by atoms with Crippen LogP contribution in [0, 0.1) is 0 Å². The van der Waals surface area contributed by atoms with Gasteiger partial charge in [0, 0.05) is 35.2 Å². The number of hydrazine groups is 1. The number of hydrogen-bond donors (Lipinski definition) is 2. The van der Waals surface area contributed by atoms with Gasteiger partial charge in [0.2, 0.25) is 0 Å². The Kier molecular flexibility index (Phi) is 4.76. The minimum atomic E-state index is -0.0952. The Morgan fingerprint density at radius 2 is 1.81 bits per heavy atom. The van der Waals surface area contributed by atoms with Crippen molar-refractivity contribution in [3.8, 4) is 0 Å². The number of nitrogens with one attached hydrogen (secondary N) is 2. The summed E-state index contributed by atoms with van der Waals surface area (Å²) >= 11 is 0. The lowest BCUT2D eigenvalue weighted by Gasteiger charge is -2.16. The quantitative estimate of drug-likeness (QED) is 0.689. The molecule has 134 valence electrons. The highest BCUT2D eigenvalue weighted by Crippen LogP contribution is 2.32. The zero-order valence-electron chi connectivity index (χ0n) is 15.2. The fraction of sp³-hybridized carbons (Fsp3) is 0.318. The van der Waals surface area contributed by atoms with Gasteiger partial charge in [-0.2, -0.15) is 0 Å². The van der Waals surface area contributed by atoms with E-state index in [1.807, 2.05) is 19.1 Å². The number of aryl methyl sites for hydroxylation is 1. The summed E-state index contributed by atoms with van der Waals surface area (Å²) in [5.41, 5.74) is 11.8. The zero-order valence-corrected chi connectivity index (χ0v) is 15.2. The zero-order chi connectivity index (χ0) is 17.9. The van der Waals surface area contributed by atoms with Crippen molar-refractivity contribution in [3.63, 3.8) is 0 Å². The molecule has 0 bridgehead atoms. The molecule has 1 aliphatic carbocycles. The first kappa shape index (κ1) is 16.9. The van der Waals surface area contributed by atoms with Crippen molar-refractivity contribution >= 4 is 16.8 Å². The molecule has 1 heterocycles. The second-order valence-electron chi connectivity index (χ2n) is 6.92. The highest BCUT2D eigenvalue weighted by molar-refractivity contribution is 5.93. The number of hydrogen-bond acceptors (Lipinski definition) is 2. The molecule has 2 aromatic carbocycles. The fourth-order valence-electron chi connectivity index (χ4n) is 3.95. The summed E-state index contributed by atoms with van der Waals surface area (Å²) in [7, 11) is 0. The number of nitrogens with zero attached hydrogens (tertiary/aromatic N) is 1. The largest absolute Gasteiger partial charge is 0.340 e. The van der Waals surface area contributed by atoms with E-state index in [1.165, 1.54) is 47.0 Å². The van der Waals surface area contributed by atoms with Crippen LogP contribution in [-0.4, -0.2) is 17.0 Å². The molecule has 0 aliphatic heterocycles. The van der Waals surface area contributed by atoms with Crippen LogP contribution in [-0.2, 0) is 19.4 Å². The van der Waals surface area contributed by atoms with Gasteiger partial charge in [-0.05, 0) is 55.0 Å². The van der Waals surface area contributed by atoms with Crippen LogP contribution >= 0.6 is 0 Å². The number of carbonyl (C=O) groups is 1. The molecule has 0 unspecified atom stereocenters. The topological polar surface area (TPSA) is 46.1 Å². The van der Waals surface area contributed by atoms with Crippen LogP contribution in [0.2, 0.25) is 0 Å². The van der Waals surface area contributed by atoms with Crippen LogP contribution in [0.1, 0.15) is 46.9 Å². The van der Waals surface area contributed by atoms with E-state index in [1.54, 1.807) is 0 Å². The van der Waals surface area contributed by atoms with Crippen LogP contribution in [0.4, 0.5) is 0 Å². The number of aromatic nitrogens is 1.